The Kier molecular flexibility index (Phi) is 6.68. The molecule has 1 fully saturated rings. The number of hydrogen-bond acceptors (Lipinski definition) is 6. The van der Waals surface area contributed by atoms with Gasteiger partial charge in [-0.1, -0.05) is 12.1 Å². The molecule has 2 aromatic rings. The van der Waals surface area contributed by atoms with Gasteiger partial charge in [0.05, 0.1) is 30.9 Å². The third-order valence-electron chi connectivity index (χ3n) is 4.54. The fourth-order valence-corrected chi connectivity index (χ4v) is 3.09. The van der Waals surface area contributed by atoms with Crippen LogP contribution in [0.5, 0.6) is 0 Å². The Morgan fingerprint density at radius 3 is 2.35 bits per heavy atom. The Labute approximate surface area is 178 Å². The Hall–Kier alpha value is -2.88. The van der Waals surface area contributed by atoms with Crippen LogP contribution in [0.25, 0.3) is 0 Å². The van der Waals surface area contributed by atoms with Gasteiger partial charge in [0.2, 0.25) is 5.95 Å². The van der Waals surface area contributed by atoms with Crippen LogP contribution in [0, 0.1) is 0 Å². The van der Waals surface area contributed by atoms with Crippen molar-refractivity contribution in [3.05, 3.63) is 53.9 Å². The monoisotopic (exact) mass is 438 g/mol. The number of nitrogens with one attached hydrogen (secondary N) is 1. The van der Waals surface area contributed by atoms with E-state index in [9.17, 15) is 18.0 Å². The van der Waals surface area contributed by atoms with Crippen LogP contribution < -0.4 is 5.32 Å². The molecule has 1 aromatic carbocycles. The number of anilines is 1. The van der Waals surface area contributed by atoms with Crippen LogP contribution >= 0.6 is 0 Å². The molecule has 1 saturated heterocycles. The van der Waals surface area contributed by atoms with E-state index in [4.69, 9.17) is 9.47 Å². The van der Waals surface area contributed by atoms with E-state index in [1.165, 1.54) is 17.0 Å². The minimum atomic E-state index is -4.39. The van der Waals surface area contributed by atoms with Crippen LogP contribution in [0.3, 0.4) is 0 Å². The minimum absolute atomic E-state index is 0.0960. The lowest BCUT2D eigenvalue weighted by Gasteiger charge is -2.24. The highest BCUT2D eigenvalue weighted by atomic mass is 19.4. The number of carbonyl (C=O) groups is 1. The van der Waals surface area contributed by atoms with E-state index in [-0.39, 0.29) is 19.2 Å². The zero-order chi connectivity index (χ0) is 22.6. The molecule has 2 heterocycles. The lowest BCUT2D eigenvalue weighted by atomic mass is 10.1. The first-order chi connectivity index (χ1) is 14.5. The van der Waals surface area contributed by atoms with Crippen LogP contribution in [-0.2, 0) is 22.3 Å². The quantitative estimate of drug-likeness (QED) is 0.757. The number of hydrogen-bond donors (Lipinski definition) is 1. The highest BCUT2D eigenvalue weighted by Gasteiger charge is 2.38. The van der Waals surface area contributed by atoms with E-state index in [1.54, 1.807) is 39.2 Å². The maximum atomic E-state index is 12.7. The number of rotatable bonds is 5. The molecule has 0 unspecified atom stereocenters. The molecule has 3 rings (SSSR count). The molecule has 1 aliphatic rings. The second-order valence-electron chi connectivity index (χ2n) is 8.25. The van der Waals surface area contributed by atoms with Crippen molar-refractivity contribution in [3.8, 4) is 0 Å². The number of ether oxygens (including phenoxy) is 2. The normalized spacial score (nSPS) is 19.4. The van der Waals surface area contributed by atoms with E-state index in [1.807, 2.05) is 0 Å². The molecule has 0 bridgehead atoms. The molecule has 1 aliphatic heterocycles. The SMILES string of the molecule is CC(C)(C)OC(=O)N1C[C@@H](Nc2ncccn2)[C@H](OCc2ccc(C(F)(F)F)cc2)C1. The van der Waals surface area contributed by atoms with Crippen molar-refractivity contribution in [1.82, 2.24) is 14.9 Å². The summed E-state index contributed by atoms with van der Waals surface area (Å²) in [6.07, 6.45) is -2.10. The van der Waals surface area contributed by atoms with Crippen LogP contribution in [0.4, 0.5) is 23.9 Å². The summed E-state index contributed by atoms with van der Waals surface area (Å²) in [5.41, 5.74) is -0.755. The molecule has 31 heavy (non-hydrogen) atoms. The summed E-state index contributed by atoms with van der Waals surface area (Å²) in [5, 5.41) is 3.16. The number of aromatic nitrogens is 2. The summed E-state index contributed by atoms with van der Waals surface area (Å²) in [5.74, 6) is 0.390. The van der Waals surface area contributed by atoms with Crippen molar-refractivity contribution in [2.45, 2.75) is 51.3 Å². The Morgan fingerprint density at radius 1 is 1.13 bits per heavy atom. The molecular formula is C21H25F3N4O3. The summed E-state index contributed by atoms with van der Waals surface area (Å²) < 4.78 is 49.6. The van der Waals surface area contributed by atoms with Crippen molar-refractivity contribution in [3.63, 3.8) is 0 Å². The van der Waals surface area contributed by atoms with Gasteiger partial charge < -0.3 is 19.7 Å². The van der Waals surface area contributed by atoms with Crippen molar-refractivity contribution >= 4 is 12.0 Å². The van der Waals surface area contributed by atoms with Gasteiger partial charge in [-0.2, -0.15) is 13.2 Å². The van der Waals surface area contributed by atoms with Gasteiger partial charge in [0.25, 0.3) is 0 Å². The van der Waals surface area contributed by atoms with Crippen molar-refractivity contribution < 1.29 is 27.4 Å². The smallest absolute Gasteiger partial charge is 0.416 e. The fraction of sp³-hybridized carbons (Fsp3) is 0.476. The summed E-state index contributed by atoms with van der Waals surface area (Å²) >= 11 is 0. The number of amides is 1. The van der Waals surface area contributed by atoms with Gasteiger partial charge in [-0.3, -0.25) is 0 Å². The lowest BCUT2D eigenvalue weighted by molar-refractivity contribution is -0.137. The largest absolute Gasteiger partial charge is 0.444 e. The van der Waals surface area contributed by atoms with Crippen molar-refractivity contribution in [1.29, 1.82) is 0 Å². The average Bonchev–Trinajstić information content (AvgIpc) is 3.08. The molecule has 2 atom stereocenters. The predicted octanol–water partition coefficient (Wildman–Crippen LogP) is 4.11. The Morgan fingerprint density at radius 2 is 1.77 bits per heavy atom. The summed E-state index contributed by atoms with van der Waals surface area (Å²) in [4.78, 5) is 22.3. The second-order valence-corrected chi connectivity index (χ2v) is 8.25. The number of nitrogens with zero attached hydrogens (tertiary/aromatic N) is 3. The highest BCUT2D eigenvalue weighted by molar-refractivity contribution is 5.69. The summed E-state index contributed by atoms with van der Waals surface area (Å²) in [6.45, 7) is 6.02. The standard InChI is InChI=1S/C21H25F3N4O3/c1-20(2,3)31-19(29)28-11-16(27-18-25-9-4-10-26-18)17(12-28)30-13-14-5-7-15(8-6-14)21(22,23)24/h4-10,16-17H,11-13H2,1-3H3,(H,25,26,27)/t16-,17-/m1/s1. The van der Waals surface area contributed by atoms with Crippen LogP contribution in [0.1, 0.15) is 31.9 Å². The Balaban J connectivity index is 1.67. The first-order valence-corrected chi connectivity index (χ1v) is 9.80. The van der Waals surface area contributed by atoms with Gasteiger partial charge in [0, 0.05) is 18.9 Å². The van der Waals surface area contributed by atoms with Gasteiger partial charge >= 0.3 is 12.3 Å². The van der Waals surface area contributed by atoms with Gasteiger partial charge in [0.15, 0.2) is 0 Å². The van der Waals surface area contributed by atoms with E-state index in [2.05, 4.69) is 15.3 Å². The van der Waals surface area contributed by atoms with Crippen LogP contribution in [0.2, 0.25) is 0 Å². The van der Waals surface area contributed by atoms with Crippen LogP contribution in [-0.4, -0.2) is 51.8 Å². The molecule has 0 aliphatic carbocycles. The first-order valence-electron chi connectivity index (χ1n) is 9.80. The van der Waals surface area contributed by atoms with E-state index < -0.39 is 29.5 Å². The number of alkyl halides is 3. The van der Waals surface area contributed by atoms with Gasteiger partial charge in [0.1, 0.15) is 5.60 Å². The second kappa shape index (κ2) is 9.09. The maximum Gasteiger partial charge on any atom is 0.416 e. The number of benzene rings is 1. The molecule has 0 spiro atoms. The minimum Gasteiger partial charge on any atom is -0.444 e. The Bertz CT molecular complexity index is 870. The first kappa shape index (κ1) is 22.8. The van der Waals surface area contributed by atoms with E-state index >= 15 is 0 Å². The molecule has 168 valence electrons. The fourth-order valence-electron chi connectivity index (χ4n) is 3.09. The average molecular weight is 438 g/mol. The number of likely N-dealkylation sites (tertiary alicyclic amines) is 1. The third kappa shape index (κ3) is 6.55. The van der Waals surface area contributed by atoms with E-state index in [0.717, 1.165) is 12.1 Å². The summed E-state index contributed by atoms with van der Waals surface area (Å²) in [7, 11) is 0. The number of halogens is 3. The number of carbonyl (C=O) groups excluding carboxylic acids is 1. The molecule has 1 aromatic heterocycles. The zero-order valence-corrected chi connectivity index (χ0v) is 17.5. The van der Waals surface area contributed by atoms with Gasteiger partial charge in [-0.15, -0.1) is 0 Å². The zero-order valence-electron chi connectivity index (χ0n) is 17.5. The highest BCUT2D eigenvalue weighted by Crippen LogP contribution is 2.29. The third-order valence-corrected chi connectivity index (χ3v) is 4.54. The molecule has 0 radical (unpaired) electrons. The predicted molar refractivity (Wildman–Crippen MR) is 107 cm³/mol. The van der Waals surface area contributed by atoms with Crippen molar-refractivity contribution in [2.24, 2.45) is 0 Å². The van der Waals surface area contributed by atoms with Crippen LogP contribution in [0.15, 0.2) is 42.7 Å². The molecule has 1 N–H and O–H groups in total. The summed E-state index contributed by atoms with van der Waals surface area (Å²) in [6, 6.07) is 6.18. The molecule has 7 nitrogen and oxygen atoms in total. The molecule has 0 saturated carbocycles. The molecular weight excluding hydrogens is 413 g/mol. The maximum absolute atomic E-state index is 12.7. The lowest BCUT2D eigenvalue weighted by Crippen LogP contribution is -2.36. The van der Waals surface area contributed by atoms with Gasteiger partial charge in [-0.05, 0) is 44.5 Å². The molecule has 10 heteroatoms. The van der Waals surface area contributed by atoms with Gasteiger partial charge in [-0.25, -0.2) is 14.8 Å². The topological polar surface area (TPSA) is 76.6 Å². The van der Waals surface area contributed by atoms with Crippen molar-refractivity contribution in [2.75, 3.05) is 18.4 Å². The van der Waals surface area contributed by atoms with E-state index in [0.29, 0.717) is 18.1 Å². The molecule has 1 amide bonds.